The summed E-state index contributed by atoms with van der Waals surface area (Å²) in [6.07, 6.45) is 5.73. The van der Waals surface area contributed by atoms with Gasteiger partial charge in [0.25, 0.3) is 0 Å². The Balaban J connectivity index is 1.63. The molecule has 0 radical (unpaired) electrons. The highest BCUT2D eigenvalue weighted by atomic mass is 79.9. The average molecular weight is 323 g/mol. The van der Waals surface area contributed by atoms with Gasteiger partial charge in [0.05, 0.1) is 6.54 Å². The van der Waals surface area contributed by atoms with Crippen LogP contribution in [0, 0.1) is 0 Å². The van der Waals surface area contributed by atoms with Crippen LogP contribution in [0.5, 0.6) is 0 Å². The Morgan fingerprint density at radius 1 is 1.37 bits per heavy atom. The van der Waals surface area contributed by atoms with E-state index in [1.165, 1.54) is 12.0 Å². The first kappa shape index (κ1) is 13.1. The van der Waals surface area contributed by atoms with E-state index in [-0.39, 0.29) is 11.4 Å². The zero-order valence-corrected chi connectivity index (χ0v) is 12.5. The summed E-state index contributed by atoms with van der Waals surface area (Å²) >= 11 is 3.52. The molecule has 1 amide bonds. The van der Waals surface area contributed by atoms with Gasteiger partial charge in [0.2, 0.25) is 5.91 Å². The number of halogens is 1. The first-order chi connectivity index (χ1) is 9.18. The van der Waals surface area contributed by atoms with Crippen molar-refractivity contribution >= 4 is 21.8 Å². The fourth-order valence-corrected chi connectivity index (χ4v) is 3.04. The highest BCUT2D eigenvalue weighted by Gasteiger charge is 2.38. The van der Waals surface area contributed by atoms with Crippen molar-refractivity contribution in [2.75, 3.05) is 6.54 Å². The molecular weight excluding hydrogens is 304 g/mol. The molecule has 4 heteroatoms. The van der Waals surface area contributed by atoms with E-state index in [4.69, 9.17) is 0 Å². The topological polar surface area (TPSA) is 41.1 Å². The number of nitrogens with one attached hydrogen (secondary N) is 2. The van der Waals surface area contributed by atoms with Crippen LogP contribution in [0.2, 0.25) is 0 Å². The van der Waals surface area contributed by atoms with Gasteiger partial charge in [-0.15, -0.1) is 0 Å². The maximum atomic E-state index is 11.8. The van der Waals surface area contributed by atoms with Crippen LogP contribution in [0.25, 0.3) is 0 Å². The van der Waals surface area contributed by atoms with Gasteiger partial charge in [0.15, 0.2) is 0 Å². The number of carbonyl (C=O) groups excluding carboxylic acids is 1. The third-order valence-electron chi connectivity index (χ3n) is 4.11. The molecule has 0 spiro atoms. The third-order valence-corrected chi connectivity index (χ3v) is 4.61. The molecule has 2 fully saturated rings. The van der Waals surface area contributed by atoms with Gasteiger partial charge >= 0.3 is 0 Å². The summed E-state index contributed by atoms with van der Waals surface area (Å²) < 4.78 is 1.10. The molecule has 2 aliphatic carbocycles. The second-order valence-electron chi connectivity index (χ2n) is 5.64. The highest BCUT2D eigenvalue weighted by Crippen LogP contribution is 2.41. The molecular formula is C15H19BrN2O. The summed E-state index contributed by atoms with van der Waals surface area (Å²) in [6, 6.07) is 8.85. The fraction of sp³-hybridized carbons (Fsp3) is 0.533. The lowest BCUT2D eigenvalue weighted by atomic mass is 9.72. The second-order valence-corrected chi connectivity index (χ2v) is 6.56. The van der Waals surface area contributed by atoms with Crippen molar-refractivity contribution < 1.29 is 4.79 Å². The molecule has 1 aromatic rings. The molecule has 3 nitrogen and oxygen atoms in total. The Bertz CT molecular complexity index is 481. The SMILES string of the molecule is O=C(CNC1(c2cccc(Br)c2)CCC1)NC1CC1. The normalized spacial score (nSPS) is 20.7. The Kier molecular flexibility index (Phi) is 3.63. The van der Waals surface area contributed by atoms with Crippen LogP contribution < -0.4 is 10.6 Å². The lowest BCUT2D eigenvalue weighted by Gasteiger charge is -2.43. The van der Waals surface area contributed by atoms with Crippen LogP contribution in [0.15, 0.2) is 28.7 Å². The van der Waals surface area contributed by atoms with Crippen LogP contribution in [-0.4, -0.2) is 18.5 Å². The van der Waals surface area contributed by atoms with Crippen LogP contribution in [-0.2, 0) is 10.3 Å². The first-order valence-corrected chi connectivity index (χ1v) is 7.78. The summed E-state index contributed by atoms with van der Waals surface area (Å²) in [5.41, 5.74) is 1.29. The van der Waals surface area contributed by atoms with Gasteiger partial charge in [0.1, 0.15) is 0 Å². The predicted molar refractivity (Wildman–Crippen MR) is 78.8 cm³/mol. The van der Waals surface area contributed by atoms with E-state index in [9.17, 15) is 4.79 Å². The number of hydrogen-bond donors (Lipinski definition) is 2. The van der Waals surface area contributed by atoms with Crippen molar-refractivity contribution in [3.63, 3.8) is 0 Å². The summed E-state index contributed by atoms with van der Waals surface area (Å²) in [6.45, 7) is 0.420. The lowest BCUT2D eigenvalue weighted by Crippen LogP contribution is -2.51. The zero-order chi connectivity index (χ0) is 13.3. The Hall–Kier alpha value is -0.870. The van der Waals surface area contributed by atoms with Crippen LogP contribution in [0.1, 0.15) is 37.7 Å². The van der Waals surface area contributed by atoms with Crippen molar-refractivity contribution in [3.05, 3.63) is 34.3 Å². The van der Waals surface area contributed by atoms with E-state index in [0.717, 1.165) is 30.2 Å². The lowest BCUT2D eigenvalue weighted by molar-refractivity contribution is -0.121. The van der Waals surface area contributed by atoms with Crippen LogP contribution in [0.3, 0.4) is 0 Å². The first-order valence-electron chi connectivity index (χ1n) is 6.98. The van der Waals surface area contributed by atoms with Gasteiger partial charge in [0, 0.05) is 16.1 Å². The molecule has 0 unspecified atom stereocenters. The number of benzene rings is 1. The maximum absolute atomic E-state index is 11.8. The fourth-order valence-electron chi connectivity index (χ4n) is 2.64. The molecule has 0 aliphatic heterocycles. The molecule has 0 bridgehead atoms. The highest BCUT2D eigenvalue weighted by molar-refractivity contribution is 9.10. The quantitative estimate of drug-likeness (QED) is 0.875. The summed E-state index contributed by atoms with van der Waals surface area (Å²) in [7, 11) is 0. The predicted octanol–water partition coefficient (Wildman–Crippen LogP) is 2.70. The van der Waals surface area contributed by atoms with E-state index >= 15 is 0 Å². The van der Waals surface area contributed by atoms with E-state index < -0.39 is 0 Å². The van der Waals surface area contributed by atoms with Gasteiger partial charge in [-0.05, 0) is 49.8 Å². The Morgan fingerprint density at radius 3 is 2.74 bits per heavy atom. The van der Waals surface area contributed by atoms with Gasteiger partial charge in [-0.25, -0.2) is 0 Å². The molecule has 0 heterocycles. The van der Waals surface area contributed by atoms with E-state index in [1.807, 2.05) is 6.07 Å². The number of amides is 1. The molecule has 19 heavy (non-hydrogen) atoms. The second kappa shape index (κ2) is 5.25. The van der Waals surface area contributed by atoms with Gasteiger partial charge in [-0.3, -0.25) is 10.1 Å². The zero-order valence-electron chi connectivity index (χ0n) is 10.9. The number of carbonyl (C=O) groups is 1. The molecule has 1 aromatic carbocycles. The van der Waals surface area contributed by atoms with Crippen molar-refractivity contribution in [3.8, 4) is 0 Å². The van der Waals surface area contributed by atoms with Crippen molar-refractivity contribution in [1.29, 1.82) is 0 Å². The van der Waals surface area contributed by atoms with Gasteiger partial charge in [-0.1, -0.05) is 28.1 Å². The van der Waals surface area contributed by atoms with Crippen molar-refractivity contribution in [2.24, 2.45) is 0 Å². The average Bonchev–Trinajstić information content (AvgIpc) is 3.11. The molecule has 2 N–H and O–H groups in total. The molecule has 0 saturated heterocycles. The molecule has 3 rings (SSSR count). The molecule has 0 atom stereocenters. The molecule has 0 aromatic heterocycles. The van der Waals surface area contributed by atoms with Crippen molar-refractivity contribution in [1.82, 2.24) is 10.6 Å². The molecule has 102 valence electrons. The minimum absolute atomic E-state index is 0.00463. The number of hydrogen-bond acceptors (Lipinski definition) is 2. The maximum Gasteiger partial charge on any atom is 0.234 e. The van der Waals surface area contributed by atoms with E-state index in [0.29, 0.717) is 12.6 Å². The van der Waals surface area contributed by atoms with Gasteiger partial charge in [-0.2, -0.15) is 0 Å². The standard InChI is InChI=1S/C15H19BrN2O/c16-12-4-1-3-11(9-12)15(7-2-8-15)17-10-14(19)18-13-5-6-13/h1,3-4,9,13,17H,2,5-8,10H2,(H,18,19). The minimum Gasteiger partial charge on any atom is -0.352 e. The summed E-state index contributed by atoms with van der Waals surface area (Å²) in [5, 5.41) is 6.50. The summed E-state index contributed by atoms with van der Waals surface area (Å²) in [4.78, 5) is 11.8. The Labute approximate surface area is 122 Å². The smallest absolute Gasteiger partial charge is 0.234 e. The molecule has 2 aliphatic rings. The van der Waals surface area contributed by atoms with Gasteiger partial charge < -0.3 is 5.32 Å². The summed E-state index contributed by atoms with van der Waals surface area (Å²) in [5.74, 6) is 0.128. The molecule has 2 saturated carbocycles. The van der Waals surface area contributed by atoms with E-state index in [2.05, 4.69) is 44.8 Å². The van der Waals surface area contributed by atoms with Crippen LogP contribution in [0.4, 0.5) is 0 Å². The Morgan fingerprint density at radius 2 is 2.16 bits per heavy atom. The largest absolute Gasteiger partial charge is 0.352 e. The van der Waals surface area contributed by atoms with Crippen molar-refractivity contribution in [2.45, 2.75) is 43.7 Å². The van der Waals surface area contributed by atoms with Crippen LogP contribution >= 0.6 is 15.9 Å². The minimum atomic E-state index is 0.00463. The van der Waals surface area contributed by atoms with E-state index in [1.54, 1.807) is 0 Å². The monoisotopic (exact) mass is 322 g/mol. The number of rotatable bonds is 5. The third kappa shape index (κ3) is 3.00.